The summed E-state index contributed by atoms with van der Waals surface area (Å²) in [5.41, 5.74) is 3.07. The van der Waals surface area contributed by atoms with Gasteiger partial charge in [-0.2, -0.15) is 0 Å². The van der Waals surface area contributed by atoms with Gasteiger partial charge in [0.25, 0.3) is 5.56 Å². The molecule has 1 aliphatic rings. The molecule has 6 nitrogen and oxygen atoms in total. The molecule has 3 rings (SSSR count). The SMILES string of the molecule is Cc1cc(O)cc(O)c1CN1CCc2c([nH]c(=S)[nH]c2=O)C1. The van der Waals surface area contributed by atoms with Crippen molar-refractivity contribution in [2.24, 2.45) is 0 Å². The lowest BCUT2D eigenvalue weighted by Gasteiger charge is -2.28. The summed E-state index contributed by atoms with van der Waals surface area (Å²) in [7, 11) is 0. The van der Waals surface area contributed by atoms with Crippen LogP contribution in [-0.2, 0) is 19.5 Å². The van der Waals surface area contributed by atoms with E-state index in [0.29, 0.717) is 24.3 Å². The molecule has 7 heteroatoms. The molecule has 22 heavy (non-hydrogen) atoms. The summed E-state index contributed by atoms with van der Waals surface area (Å²) in [6, 6.07) is 2.98. The fraction of sp³-hybridized carbons (Fsp3) is 0.333. The molecule has 1 aromatic carbocycles. The highest BCUT2D eigenvalue weighted by molar-refractivity contribution is 7.71. The summed E-state index contributed by atoms with van der Waals surface area (Å²) in [4.78, 5) is 19.6. The van der Waals surface area contributed by atoms with E-state index in [9.17, 15) is 15.0 Å². The van der Waals surface area contributed by atoms with Crippen molar-refractivity contribution in [1.29, 1.82) is 0 Å². The van der Waals surface area contributed by atoms with Gasteiger partial charge >= 0.3 is 0 Å². The third-order valence-electron chi connectivity index (χ3n) is 4.01. The number of aromatic hydroxyl groups is 2. The van der Waals surface area contributed by atoms with Crippen molar-refractivity contribution in [1.82, 2.24) is 14.9 Å². The van der Waals surface area contributed by atoms with Crippen LogP contribution in [0, 0.1) is 11.7 Å². The Labute approximate surface area is 132 Å². The number of phenols is 2. The van der Waals surface area contributed by atoms with Gasteiger partial charge in [0.15, 0.2) is 4.77 Å². The molecule has 0 saturated carbocycles. The molecular formula is C15H17N3O3S. The fourth-order valence-electron chi connectivity index (χ4n) is 2.88. The Bertz CT molecular complexity index is 818. The second-order valence-electron chi connectivity index (χ2n) is 5.59. The zero-order valence-electron chi connectivity index (χ0n) is 12.1. The van der Waals surface area contributed by atoms with Crippen molar-refractivity contribution in [3.05, 3.63) is 49.6 Å². The van der Waals surface area contributed by atoms with E-state index in [0.717, 1.165) is 28.9 Å². The first-order valence-electron chi connectivity index (χ1n) is 7.02. The number of aryl methyl sites for hydroxylation is 1. The quantitative estimate of drug-likeness (QED) is 0.633. The number of aromatic amines is 2. The number of aromatic nitrogens is 2. The molecular weight excluding hydrogens is 302 g/mol. The minimum absolute atomic E-state index is 0.0540. The summed E-state index contributed by atoms with van der Waals surface area (Å²) < 4.78 is 0.328. The number of H-pyrrole nitrogens is 2. The lowest BCUT2D eigenvalue weighted by atomic mass is 10.0. The number of hydrogen-bond acceptors (Lipinski definition) is 5. The molecule has 0 spiro atoms. The van der Waals surface area contributed by atoms with Gasteiger partial charge in [0, 0.05) is 42.5 Å². The Kier molecular flexibility index (Phi) is 3.76. The first-order valence-corrected chi connectivity index (χ1v) is 7.43. The average molecular weight is 319 g/mol. The summed E-state index contributed by atoms with van der Waals surface area (Å²) in [6.45, 7) is 3.69. The highest BCUT2D eigenvalue weighted by Gasteiger charge is 2.21. The average Bonchev–Trinajstić information content (AvgIpc) is 2.42. The maximum absolute atomic E-state index is 11.9. The van der Waals surface area contributed by atoms with Crippen LogP contribution < -0.4 is 5.56 Å². The highest BCUT2D eigenvalue weighted by atomic mass is 32.1. The van der Waals surface area contributed by atoms with Crippen molar-refractivity contribution in [2.45, 2.75) is 26.4 Å². The molecule has 116 valence electrons. The van der Waals surface area contributed by atoms with Crippen molar-refractivity contribution >= 4 is 12.2 Å². The summed E-state index contributed by atoms with van der Waals surface area (Å²) in [6.07, 6.45) is 0.634. The van der Waals surface area contributed by atoms with E-state index in [-0.39, 0.29) is 17.1 Å². The maximum Gasteiger partial charge on any atom is 0.255 e. The molecule has 2 heterocycles. The van der Waals surface area contributed by atoms with Gasteiger partial charge in [-0.3, -0.25) is 14.7 Å². The standard InChI is InChI=1S/C15H17N3O3S/c1-8-4-9(19)5-13(20)11(8)6-18-3-2-10-12(7-18)16-15(22)17-14(10)21/h4-5,19-20H,2-3,6-7H2,1H3,(H2,16,17,21,22). The molecule has 0 radical (unpaired) electrons. The zero-order chi connectivity index (χ0) is 15.9. The largest absolute Gasteiger partial charge is 0.508 e. The molecule has 0 unspecified atom stereocenters. The first-order chi connectivity index (χ1) is 10.4. The van der Waals surface area contributed by atoms with Gasteiger partial charge < -0.3 is 15.2 Å². The van der Waals surface area contributed by atoms with Crippen molar-refractivity contribution < 1.29 is 10.2 Å². The van der Waals surface area contributed by atoms with Gasteiger partial charge in [-0.05, 0) is 37.2 Å². The Morgan fingerprint density at radius 2 is 2.09 bits per heavy atom. The fourth-order valence-corrected chi connectivity index (χ4v) is 3.09. The lowest BCUT2D eigenvalue weighted by molar-refractivity contribution is 0.236. The van der Waals surface area contributed by atoms with Gasteiger partial charge in [0.2, 0.25) is 0 Å². The van der Waals surface area contributed by atoms with E-state index in [1.165, 1.54) is 6.07 Å². The molecule has 1 aliphatic heterocycles. The van der Waals surface area contributed by atoms with Crippen molar-refractivity contribution in [3.8, 4) is 11.5 Å². The Morgan fingerprint density at radius 3 is 2.82 bits per heavy atom. The van der Waals surface area contributed by atoms with Crippen LogP contribution in [0.3, 0.4) is 0 Å². The molecule has 0 fully saturated rings. The number of phenolic OH excluding ortho intramolecular Hbond substituents is 2. The lowest BCUT2D eigenvalue weighted by Crippen LogP contribution is -2.35. The van der Waals surface area contributed by atoms with Crippen LogP contribution in [0.15, 0.2) is 16.9 Å². The number of nitrogens with one attached hydrogen (secondary N) is 2. The molecule has 0 amide bonds. The molecule has 0 atom stereocenters. The number of benzene rings is 1. The minimum Gasteiger partial charge on any atom is -0.508 e. The molecule has 2 aromatic rings. The summed E-state index contributed by atoms with van der Waals surface area (Å²) in [5.74, 6) is 0.139. The zero-order valence-corrected chi connectivity index (χ0v) is 13.0. The molecule has 1 aromatic heterocycles. The van der Waals surface area contributed by atoms with E-state index < -0.39 is 0 Å². The number of rotatable bonds is 2. The second kappa shape index (κ2) is 5.58. The van der Waals surface area contributed by atoms with Crippen LogP contribution >= 0.6 is 12.2 Å². The predicted molar refractivity (Wildman–Crippen MR) is 84.6 cm³/mol. The van der Waals surface area contributed by atoms with Crippen LogP contribution in [0.2, 0.25) is 0 Å². The van der Waals surface area contributed by atoms with Gasteiger partial charge in [-0.1, -0.05) is 0 Å². The second-order valence-corrected chi connectivity index (χ2v) is 5.99. The molecule has 0 bridgehead atoms. The van der Waals surface area contributed by atoms with E-state index in [4.69, 9.17) is 12.2 Å². The normalized spacial score (nSPS) is 14.8. The van der Waals surface area contributed by atoms with Crippen LogP contribution in [0.25, 0.3) is 0 Å². The number of fused-ring (bicyclic) bond motifs is 1. The number of nitrogens with zero attached hydrogens (tertiary/aromatic N) is 1. The van der Waals surface area contributed by atoms with Crippen LogP contribution in [0.4, 0.5) is 0 Å². The van der Waals surface area contributed by atoms with Gasteiger partial charge in [0.05, 0.1) is 0 Å². The van der Waals surface area contributed by atoms with E-state index in [1.807, 2.05) is 6.92 Å². The minimum atomic E-state index is -0.123. The van der Waals surface area contributed by atoms with Crippen molar-refractivity contribution in [3.63, 3.8) is 0 Å². The monoisotopic (exact) mass is 319 g/mol. The van der Waals surface area contributed by atoms with Gasteiger partial charge in [-0.25, -0.2) is 0 Å². The summed E-state index contributed by atoms with van der Waals surface area (Å²) >= 11 is 5.01. The van der Waals surface area contributed by atoms with Crippen LogP contribution in [0.1, 0.15) is 22.4 Å². The third kappa shape index (κ3) is 2.77. The Morgan fingerprint density at radius 1 is 1.32 bits per heavy atom. The Balaban J connectivity index is 1.87. The van der Waals surface area contributed by atoms with E-state index in [1.54, 1.807) is 6.07 Å². The maximum atomic E-state index is 11.9. The van der Waals surface area contributed by atoms with E-state index in [2.05, 4.69) is 14.9 Å². The highest BCUT2D eigenvalue weighted by Crippen LogP contribution is 2.29. The van der Waals surface area contributed by atoms with Crippen LogP contribution in [-0.4, -0.2) is 31.6 Å². The first kappa shape index (κ1) is 14.8. The molecule has 4 N–H and O–H groups in total. The van der Waals surface area contributed by atoms with E-state index >= 15 is 0 Å². The third-order valence-corrected chi connectivity index (χ3v) is 4.21. The topological polar surface area (TPSA) is 92.3 Å². The molecule has 0 aliphatic carbocycles. The predicted octanol–water partition coefficient (Wildman–Crippen LogP) is 1.71. The molecule has 0 saturated heterocycles. The van der Waals surface area contributed by atoms with Gasteiger partial charge in [0.1, 0.15) is 11.5 Å². The van der Waals surface area contributed by atoms with Crippen molar-refractivity contribution in [2.75, 3.05) is 6.54 Å². The van der Waals surface area contributed by atoms with Crippen LogP contribution in [0.5, 0.6) is 11.5 Å². The number of hydrogen-bond donors (Lipinski definition) is 4. The Hall–Kier alpha value is -2.12. The smallest absolute Gasteiger partial charge is 0.255 e. The van der Waals surface area contributed by atoms with Gasteiger partial charge in [-0.15, -0.1) is 0 Å². The summed E-state index contributed by atoms with van der Waals surface area (Å²) in [5, 5.41) is 19.5.